The number of nitrogens with zero attached hydrogens (tertiary/aromatic N) is 2. The molecule has 0 saturated heterocycles. The van der Waals surface area contributed by atoms with Gasteiger partial charge in [-0.15, -0.1) is 11.3 Å². The van der Waals surface area contributed by atoms with Crippen LogP contribution in [-0.4, -0.2) is 12.7 Å². The van der Waals surface area contributed by atoms with Crippen LogP contribution in [0.3, 0.4) is 0 Å². The average Bonchev–Trinajstić information content (AvgIpc) is 3.12. The molecule has 0 fully saturated rings. The van der Waals surface area contributed by atoms with E-state index < -0.39 is 0 Å². The van der Waals surface area contributed by atoms with Crippen LogP contribution in [-0.2, 0) is 14.1 Å². The van der Waals surface area contributed by atoms with Gasteiger partial charge in [-0.2, -0.15) is 4.57 Å². The van der Waals surface area contributed by atoms with E-state index in [1.54, 1.807) is 11.3 Å². The fraction of sp³-hybridized carbons (Fsp3) is 0.238. The molecule has 5 heteroatoms. The van der Waals surface area contributed by atoms with Gasteiger partial charge < -0.3 is 9.47 Å². The molecule has 0 spiro atoms. The third-order valence-corrected chi connectivity index (χ3v) is 5.02. The second-order valence-electron chi connectivity index (χ2n) is 6.32. The summed E-state index contributed by atoms with van der Waals surface area (Å²) in [5.41, 5.74) is 3.32. The highest BCUT2D eigenvalue weighted by Crippen LogP contribution is 2.35. The minimum Gasteiger partial charge on any atom is -0.485 e. The third kappa shape index (κ3) is 3.56. The topological polar surface area (TPSA) is 26.2 Å². The molecule has 130 valence electrons. The van der Waals surface area contributed by atoms with Gasteiger partial charge in [0.2, 0.25) is 0 Å². The first-order valence-electron chi connectivity index (χ1n) is 8.49. The Morgan fingerprint density at radius 2 is 1.85 bits per heavy atom. The highest BCUT2D eigenvalue weighted by molar-refractivity contribution is 7.08. The summed E-state index contributed by atoms with van der Waals surface area (Å²) in [6.45, 7) is 0.547. The molecule has 0 aliphatic carbocycles. The lowest BCUT2D eigenvalue weighted by Crippen LogP contribution is -2.31. The second-order valence-corrected chi connectivity index (χ2v) is 7.06. The molecule has 4 heterocycles. The van der Waals surface area contributed by atoms with Crippen LogP contribution < -0.4 is 18.6 Å². The van der Waals surface area contributed by atoms with Crippen LogP contribution >= 0.6 is 11.3 Å². The van der Waals surface area contributed by atoms with Gasteiger partial charge in [-0.25, -0.2) is 4.57 Å². The average molecular weight is 364 g/mol. The van der Waals surface area contributed by atoms with Gasteiger partial charge in [-0.1, -0.05) is 5.92 Å². The fourth-order valence-corrected chi connectivity index (χ4v) is 3.46. The Labute approximate surface area is 157 Å². The first kappa shape index (κ1) is 16.6. The summed E-state index contributed by atoms with van der Waals surface area (Å²) in [5.74, 6) is 8.19. The van der Waals surface area contributed by atoms with E-state index in [2.05, 4.69) is 36.1 Å². The molecule has 26 heavy (non-hydrogen) atoms. The number of aromatic nitrogens is 2. The number of ether oxygens (including phenoxy) is 2. The maximum absolute atomic E-state index is 5.92. The van der Waals surface area contributed by atoms with Gasteiger partial charge in [0.1, 0.15) is 26.8 Å². The van der Waals surface area contributed by atoms with E-state index in [0.717, 1.165) is 22.8 Å². The highest BCUT2D eigenvalue weighted by Gasteiger charge is 2.20. The number of aryl methyl sites for hydroxylation is 2. The van der Waals surface area contributed by atoms with Gasteiger partial charge in [-0.05, 0) is 11.1 Å². The second kappa shape index (κ2) is 7.19. The molecule has 4 nitrogen and oxygen atoms in total. The van der Waals surface area contributed by atoms with Crippen LogP contribution in [0.2, 0.25) is 0 Å². The third-order valence-electron chi connectivity index (χ3n) is 4.32. The molecule has 1 atom stereocenters. The van der Waals surface area contributed by atoms with Crippen LogP contribution in [0.1, 0.15) is 12.1 Å². The molecule has 0 aromatic carbocycles. The molecule has 1 aliphatic heterocycles. The van der Waals surface area contributed by atoms with Crippen molar-refractivity contribution < 1.29 is 18.6 Å². The van der Waals surface area contributed by atoms with Gasteiger partial charge in [0.15, 0.2) is 30.1 Å². The van der Waals surface area contributed by atoms with E-state index in [4.69, 9.17) is 9.47 Å². The van der Waals surface area contributed by atoms with E-state index >= 15 is 0 Å². The van der Waals surface area contributed by atoms with Crippen LogP contribution in [0.5, 0.6) is 11.5 Å². The zero-order valence-electron chi connectivity index (χ0n) is 14.8. The normalized spacial score (nSPS) is 15.2. The number of hydrogen-bond acceptors (Lipinski definition) is 3. The zero-order chi connectivity index (χ0) is 17.9. The van der Waals surface area contributed by atoms with Crippen molar-refractivity contribution in [3.8, 4) is 34.5 Å². The standard InChI is InChI=1S/C21H20N2O2S/c1-22-9-6-16(7-10-22)17-8-11-23(2)18(12-17)4-3-5-19-13-24-20-14-26-15-21(20)25-19/h6-12,14-15,19H,5,13H2,1-2H3/q+2. The Morgan fingerprint density at radius 3 is 2.69 bits per heavy atom. The molecule has 1 aliphatic rings. The van der Waals surface area contributed by atoms with Gasteiger partial charge in [-0.3, -0.25) is 0 Å². The van der Waals surface area contributed by atoms with Gasteiger partial charge in [0, 0.05) is 40.9 Å². The summed E-state index contributed by atoms with van der Waals surface area (Å²) < 4.78 is 15.7. The van der Waals surface area contributed by atoms with E-state index in [0.29, 0.717) is 13.0 Å². The van der Waals surface area contributed by atoms with Crippen LogP contribution in [0.15, 0.2) is 53.6 Å². The largest absolute Gasteiger partial charge is 0.485 e. The maximum Gasteiger partial charge on any atom is 0.257 e. The molecule has 0 N–H and O–H groups in total. The molecular weight excluding hydrogens is 344 g/mol. The first-order chi connectivity index (χ1) is 12.7. The summed E-state index contributed by atoms with van der Waals surface area (Å²) in [6.07, 6.45) is 6.76. The molecular formula is C21H20N2O2S+2. The van der Waals surface area contributed by atoms with Crippen molar-refractivity contribution in [3.05, 3.63) is 59.3 Å². The molecule has 4 rings (SSSR count). The molecule has 0 radical (unpaired) electrons. The van der Waals surface area contributed by atoms with E-state index in [-0.39, 0.29) is 6.10 Å². The molecule has 1 unspecified atom stereocenters. The smallest absolute Gasteiger partial charge is 0.257 e. The lowest BCUT2D eigenvalue weighted by Gasteiger charge is -2.22. The Kier molecular flexibility index (Phi) is 4.59. The van der Waals surface area contributed by atoms with Gasteiger partial charge in [0.05, 0.1) is 6.42 Å². The summed E-state index contributed by atoms with van der Waals surface area (Å²) >= 11 is 1.59. The van der Waals surface area contributed by atoms with Gasteiger partial charge in [0.25, 0.3) is 5.69 Å². The lowest BCUT2D eigenvalue weighted by molar-refractivity contribution is -0.673. The predicted octanol–water partition coefficient (Wildman–Crippen LogP) is 2.65. The Balaban J connectivity index is 1.49. The van der Waals surface area contributed by atoms with E-state index in [1.807, 2.05) is 52.6 Å². The fourth-order valence-electron chi connectivity index (χ4n) is 2.78. The minimum absolute atomic E-state index is 0.0211. The van der Waals surface area contributed by atoms with Crippen LogP contribution in [0, 0.1) is 11.8 Å². The first-order valence-corrected chi connectivity index (χ1v) is 9.43. The van der Waals surface area contributed by atoms with Crippen molar-refractivity contribution in [2.24, 2.45) is 14.1 Å². The number of rotatable bonds is 2. The quantitative estimate of drug-likeness (QED) is 0.516. The molecule has 0 bridgehead atoms. The summed E-state index contributed by atoms with van der Waals surface area (Å²) in [6, 6.07) is 8.45. The van der Waals surface area contributed by atoms with Crippen molar-refractivity contribution in [1.82, 2.24) is 0 Å². The van der Waals surface area contributed by atoms with Crippen molar-refractivity contribution in [3.63, 3.8) is 0 Å². The predicted molar refractivity (Wildman–Crippen MR) is 100.0 cm³/mol. The van der Waals surface area contributed by atoms with Crippen LogP contribution in [0.4, 0.5) is 0 Å². The Hall–Kier alpha value is -2.84. The summed E-state index contributed by atoms with van der Waals surface area (Å²) in [7, 11) is 4.03. The lowest BCUT2D eigenvalue weighted by atomic mass is 10.1. The van der Waals surface area contributed by atoms with Crippen LogP contribution in [0.25, 0.3) is 11.1 Å². The van der Waals surface area contributed by atoms with E-state index in [9.17, 15) is 0 Å². The van der Waals surface area contributed by atoms with Crippen molar-refractivity contribution in [1.29, 1.82) is 0 Å². The Bertz CT molecular complexity index is 983. The number of pyridine rings is 2. The molecule has 0 amide bonds. The number of fused-ring (bicyclic) bond motifs is 1. The van der Waals surface area contributed by atoms with Gasteiger partial charge >= 0.3 is 0 Å². The Morgan fingerprint density at radius 1 is 1.08 bits per heavy atom. The summed E-state index contributed by atoms with van der Waals surface area (Å²) in [5, 5.41) is 3.94. The minimum atomic E-state index is -0.0211. The highest BCUT2D eigenvalue weighted by atomic mass is 32.1. The number of thiophene rings is 1. The summed E-state index contributed by atoms with van der Waals surface area (Å²) in [4.78, 5) is 0. The van der Waals surface area contributed by atoms with Crippen molar-refractivity contribution in [2.75, 3.05) is 6.61 Å². The molecule has 3 aromatic rings. The van der Waals surface area contributed by atoms with E-state index in [1.165, 1.54) is 5.56 Å². The van der Waals surface area contributed by atoms with Crippen molar-refractivity contribution in [2.45, 2.75) is 12.5 Å². The zero-order valence-corrected chi connectivity index (χ0v) is 15.6. The molecule has 0 saturated carbocycles. The van der Waals surface area contributed by atoms with Crippen molar-refractivity contribution >= 4 is 11.3 Å². The monoisotopic (exact) mass is 364 g/mol. The molecule has 3 aromatic heterocycles. The maximum atomic E-state index is 5.92. The number of hydrogen-bond donors (Lipinski definition) is 0. The SMILES string of the molecule is C[n+]1ccc(-c2cc[n+](C)c(C#CCC3COc4cscc4O3)c2)cc1.